The highest BCUT2D eigenvalue weighted by Crippen LogP contribution is 2.28. The molecule has 1 saturated heterocycles. The molecule has 4 rings (SSSR count). The fourth-order valence-corrected chi connectivity index (χ4v) is 3.94. The third-order valence-corrected chi connectivity index (χ3v) is 5.50. The number of benzene rings is 1. The highest BCUT2D eigenvalue weighted by atomic mass is 35.5. The molecule has 2 aromatic rings. The first-order valence-corrected chi connectivity index (χ1v) is 9.47. The van der Waals surface area contributed by atoms with Crippen molar-refractivity contribution in [3.8, 4) is 0 Å². The Bertz CT molecular complexity index is 836. The SMILES string of the molecule is Cl.O=C(CCc1cccc(F)c1F)N1CCC(c2nnc3n2CCNC3)CC1. The Morgan fingerprint density at radius 1 is 1.18 bits per heavy atom. The summed E-state index contributed by atoms with van der Waals surface area (Å²) >= 11 is 0. The third-order valence-electron chi connectivity index (χ3n) is 5.50. The lowest BCUT2D eigenvalue weighted by Gasteiger charge is -2.32. The Balaban J connectivity index is 0.00000225. The van der Waals surface area contributed by atoms with Crippen molar-refractivity contribution in [3.05, 3.63) is 47.0 Å². The second-order valence-corrected chi connectivity index (χ2v) is 7.17. The predicted molar refractivity (Wildman–Crippen MR) is 102 cm³/mol. The van der Waals surface area contributed by atoms with Crippen molar-refractivity contribution in [1.82, 2.24) is 25.0 Å². The lowest BCUT2D eigenvalue weighted by Crippen LogP contribution is -2.39. The fraction of sp³-hybridized carbons (Fsp3) is 0.526. The summed E-state index contributed by atoms with van der Waals surface area (Å²) in [6, 6.07) is 4.09. The van der Waals surface area contributed by atoms with Crippen molar-refractivity contribution >= 4 is 18.3 Å². The van der Waals surface area contributed by atoms with Gasteiger partial charge in [-0.05, 0) is 30.9 Å². The molecule has 152 valence electrons. The Labute approximate surface area is 168 Å². The van der Waals surface area contributed by atoms with Crippen LogP contribution >= 0.6 is 12.4 Å². The van der Waals surface area contributed by atoms with Gasteiger partial charge >= 0.3 is 0 Å². The van der Waals surface area contributed by atoms with E-state index in [-0.39, 0.29) is 36.7 Å². The van der Waals surface area contributed by atoms with E-state index in [1.54, 1.807) is 0 Å². The smallest absolute Gasteiger partial charge is 0.222 e. The van der Waals surface area contributed by atoms with Crippen molar-refractivity contribution in [2.45, 2.75) is 44.7 Å². The number of halogens is 3. The Morgan fingerprint density at radius 3 is 2.75 bits per heavy atom. The molecule has 9 heteroatoms. The number of nitrogens with zero attached hydrogens (tertiary/aromatic N) is 4. The molecule has 2 aliphatic heterocycles. The number of fused-ring (bicyclic) bond motifs is 1. The molecule has 0 aliphatic carbocycles. The zero-order valence-electron chi connectivity index (χ0n) is 15.5. The van der Waals surface area contributed by atoms with Gasteiger partial charge in [0.15, 0.2) is 11.6 Å². The summed E-state index contributed by atoms with van der Waals surface area (Å²) in [5.74, 6) is 0.591. The molecular formula is C19H24ClF2N5O. The maximum absolute atomic E-state index is 13.7. The van der Waals surface area contributed by atoms with Crippen LogP contribution in [0, 0.1) is 11.6 Å². The van der Waals surface area contributed by atoms with Gasteiger partial charge in [-0.25, -0.2) is 8.78 Å². The van der Waals surface area contributed by atoms with E-state index >= 15 is 0 Å². The van der Waals surface area contributed by atoms with Crippen LogP contribution in [-0.4, -0.2) is 45.2 Å². The van der Waals surface area contributed by atoms with E-state index in [0.717, 1.165) is 50.2 Å². The summed E-state index contributed by atoms with van der Waals surface area (Å²) in [7, 11) is 0. The van der Waals surface area contributed by atoms with Gasteiger partial charge in [0.05, 0.1) is 6.54 Å². The van der Waals surface area contributed by atoms with Crippen molar-refractivity contribution in [3.63, 3.8) is 0 Å². The quantitative estimate of drug-likeness (QED) is 0.839. The lowest BCUT2D eigenvalue weighted by molar-refractivity contribution is -0.132. The Hall–Kier alpha value is -2.06. The minimum absolute atomic E-state index is 0. The molecule has 0 bridgehead atoms. The van der Waals surface area contributed by atoms with Gasteiger partial charge in [0, 0.05) is 38.5 Å². The van der Waals surface area contributed by atoms with Crippen LogP contribution in [-0.2, 0) is 24.3 Å². The van der Waals surface area contributed by atoms with Crippen LogP contribution in [0.5, 0.6) is 0 Å². The summed E-state index contributed by atoms with van der Waals surface area (Å²) in [5.41, 5.74) is 0.252. The number of hydrogen-bond donors (Lipinski definition) is 1. The van der Waals surface area contributed by atoms with Gasteiger partial charge in [-0.2, -0.15) is 0 Å². The first-order chi connectivity index (χ1) is 13.1. The maximum atomic E-state index is 13.7. The van der Waals surface area contributed by atoms with Crippen LogP contribution in [0.4, 0.5) is 8.78 Å². The van der Waals surface area contributed by atoms with E-state index in [2.05, 4.69) is 20.1 Å². The molecule has 1 amide bonds. The van der Waals surface area contributed by atoms with E-state index in [9.17, 15) is 13.6 Å². The summed E-state index contributed by atoms with van der Waals surface area (Å²) in [6.45, 7) is 3.88. The number of hydrogen-bond acceptors (Lipinski definition) is 4. The summed E-state index contributed by atoms with van der Waals surface area (Å²) in [4.78, 5) is 14.3. The second kappa shape index (κ2) is 8.96. The highest BCUT2D eigenvalue weighted by molar-refractivity contribution is 5.85. The molecule has 2 aliphatic rings. The third kappa shape index (κ3) is 4.17. The first kappa shape index (κ1) is 20.7. The van der Waals surface area contributed by atoms with Crippen LogP contribution in [0.3, 0.4) is 0 Å². The first-order valence-electron chi connectivity index (χ1n) is 9.47. The predicted octanol–water partition coefficient (Wildman–Crippen LogP) is 2.42. The van der Waals surface area contributed by atoms with Gasteiger partial charge in [-0.3, -0.25) is 4.79 Å². The molecule has 0 radical (unpaired) electrons. The minimum Gasteiger partial charge on any atom is -0.343 e. The van der Waals surface area contributed by atoms with E-state index in [1.165, 1.54) is 12.1 Å². The van der Waals surface area contributed by atoms with Crippen LogP contribution in [0.15, 0.2) is 18.2 Å². The average molecular weight is 412 g/mol. The molecule has 0 spiro atoms. The normalized spacial score (nSPS) is 17.1. The van der Waals surface area contributed by atoms with Gasteiger partial charge in [0.25, 0.3) is 0 Å². The molecule has 0 unspecified atom stereocenters. The summed E-state index contributed by atoms with van der Waals surface area (Å²) < 4.78 is 29.2. The maximum Gasteiger partial charge on any atom is 0.222 e. The molecule has 1 aromatic carbocycles. The van der Waals surface area contributed by atoms with Crippen LogP contribution in [0.1, 0.15) is 42.4 Å². The molecule has 3 heterocycles. The highest BCUT2D eigenvalue weighted by Gasteiger charge is 2.28. The van der Waals surface area contributed by atoms with Crippen LogP contribution < -0.4 is 5.32 Å². The van der Waals surface area contributed by atoms with Crippen LogP contribution in [0.25, 0.3) is 0 Å². The second-order valence-electron chi connectivity index (χ2n) is 7.17. The van der Waals surface area contributed by atoms with Crippen molar-refractivity contribution in [2.75, 3.05) is 19.6 Å². The molecule has 1 fully saturated rings. The van der Waals surface area contributed by atoms with Gasteiger partial charge < -0.3 is 14.8 Å². The molecule has 6 nitrogen and oxygen atoms in total. The number of piperidine rings is 1. The topological polar surface area (TPSA) is 63.1 Å². The number of likely N-dealkylation sites (tertiary alicyclic amines) is 1. The van der Waals surface area contributed by atoms with Gasteiger partial charge in [0.1, 0.15) is 11.6 Å². The molecule has 0 atom stereocenters. The van der Waals surface area contributed by atoms with Crippen molar-refractivity contribution in [1.29, 1.82) is 0 Å². The minimum atomic E-state index is -0.868. The van der Waals surface area contributed by atoms with E-state index in [1.807, 2.05) is 4.90 Å². The number of nitrogens with one attached hydrogen (secondary N) is 1. The lowest BCUT2D eigenvalue weighted by atomic mass is 9.95. The van der Waals surface area contributed by atoms with E-state index in [0.29, 0.717) is 19.0 Å². The van der Waals surface area contributed by atoms with Crippen molar-refractivity contribution in [2.24, 2.45) is 0 Å². The number of carbonyl (C=O) groups excluding carboxylic acids is 1. The zero-order chi connectivity index (χ0) is 18.8. The number of aryl methyl sites for hydroxylation is 1. The number of amides is 1. The van der Waals surface area contributed by atoms with Crippen LogP contribution in [0.2, 0.25) is 0 Å². The van der Waals surface area contributed by atoms with Gasteiger partial charge in [-0.15, -0.1) is 22.6 Å². The molecular weight excluding hydrogens is 388 g/mol. The number of aromatic nitrogens is 3. The van der Waals surface area contributed by atoms with Gasteiger partial charge in [-0.1, -0.05) is 12.1 Å². The molecule has 28 heavy (non-hydrogen) atoms. The molecule has 1 N–H and O–H groups in total. The number of carbonyl (C=O) groups is 1. The van der Waals surface area contributed by atoms with Gasteiger partial charge in [0.2, 0.25) is 5.91 Å². The largest absolute Gasteiger partial charge is 0.343 e. The summed E-state index contributed by atoms with van der Waals surface area (Å²) in [6.07, 6.45) is 2.11. The molecule has 1 aromatic heterocycles. The van der Waals surface area contributed by atoms with E-state index in [4.69, 9.17) is 0 Å². The zero-order valence-corrected chi connectivity index (χ0v) is 16.4. The van der Waals surface area contributed by atoms with E-state index < -0.39 is 11.6 Å². The summed E-state index contributed by atoms with van der Waals surface area (Å²) in [5, 5.41) is 11.9. The monoisotopic (exact) mass is 411 g/mol. The fourth-order valence-electron chi connectivity index (χ4n) is 3.94. The standard InChI is InChI=1S/C19H23F2N5O.ClH/c20-15-3-1-2-13(18(15)21)4-5-17(27)25-9-6-14(7-10-25)19-24-23-16-12-22-8-11-26(16)19;/h1-3,14,22H,4-12H2;1H. The average Bonchev–Trinajstić information content (AvgIpc) is 3.13. The Kier molecular flexibility index (Phi) is 6.61. The molecule has 0 saturated carbocycles. The van der Waals surface area contributed by atoms with Crippen molar-refractivity contribution < 1.29 is 13.6 Å². The Morgan fingerprint density at radius 2 is 1.96 bits per heavy atom. The number of rotatable bonds is 4.